The molecule has 0 radical (unpaired) electrons. The van der Waals surface area contributed by atoms with Gasteiger partial charge in [-0.3, -0.25) is 0 Å². The fourth-order valence-electron chi connectivity index (χ4n) is 1.55. The average Bonchev–Trinajstić information content (AvgIpc) is 2.70. The van der Waals surface area contributed by atoms with Crippen LogP contribution in [-0.2, 0) is 6.18 Å². The summed E-state index contributed by atoms with van der Waals surface area (Å²) in [4.78, 5) is 10.6. The average molecular weight is 294 g/mol. The van der Waals surface area contributed by atoms with Crippen molar-refractivity contribution in [1.29, 1.82) is 0 Å². The van der Waals surface area contributed by atoms with Crippen LogP contribution in [0.15, 0.2) is 30.5 Å². The number of hydrogen-bond donors (Lipinski definition) is 1. The number of nitrogens with zero attached hydrogens (tertiary/aromatic N) is 2. The Morgan fingerprint density at radius 1 is 1.30 bits per heavy atom. The van der Waals surface area contributed by atoms with Crippen LogP contribution in [0.25, 0.3) is 5.69 Å². The number of carbonyl (C=O) groups is 1. The summed E-state index contributed by atoms with van der Waals surface area (Å²) in [5.41, 5.74) is -2.21. The molecule has 1 aromatic carbocycles. The number of aromatic carboxylic acids is 1. The smallest absolute Gasteiger partial charge is 0.543 e. The zero-order chi connectivity index (χ0) is 14.2. The molecule has 1 aromatic heterocycles. The van der Waals surface area contributed by atoms with Crippen molar-refractivity contribution in [2.75, 3.05) is 0 Å². The van der Waals surface area contributed by atoms with Gasteiger partial charge in [0.1, 0.15) is 5.69 Å². The second-order valence-electron chi connectivity index (χ2n) is 3.61. The molecule has 0 bridgehead atoms. The van der Waals surface area contributed by atoms with Crippen molar-refractivity contribution in [2.45, 2.75) is 6.18 Å². The molecule has 0 fully saturated rings. The van der Waals surface area contributed by atoms with Gasteiger partial charge in [-0.15, -0.1) is 0 Å². The van der Waals surface area contributed by atoms with E-state index in [9.17, 15) is 28.2 Å². The standard InChI is InChI=1S/C11H7F3N2O3.Na/c12-11(13,14)6-3-1-2-4-7(6)16-5-8(17)9(15-16)10(18)19;/h1-5,17H,(H,18,19);/q;+1/p-1. The monoisotopic (exact) mass is 294 g/mol. The van der Waals surface area contributed by atoms with Gasteiger partial charge in [-0.25, -0.2) is 4.68 Å². The van der Waals surface area contributed by atoms with Crippen molar-refractivity contribution < 1.29 is 57.7 Å². The Kier molecular flexibility index (Phi) is 4.85. The van der Waals surface area contributed by atoms with Gasteiger partial charge in [0, 0.05) is 0 Å². The van der Waals surface area contributed by atoms with Gasteiger partial charge in [0.25, 0.3) is 0 Å². The second kappa shape index (κ2) is 5.86. The molecule has 0 saturated heterocycles. The Balaban J connectivity index is 0.00000200. The second-order valence-corrected chi connectivity index (χ2v) is 3.61. The number of para-hydroxylation sites is 1. The Morgan fingerprint density at radius 2 is 1.90 bits per heavy atom. The number of benzene rings is 1. The minimum atomic E-state index is -4.63. The first kappa shape index (κ1) is 16.5. The third-order valence-electron chi connectivity index (χ3n) is 2.34. The Hall–Kier alpha value is -1.51. The number of aromatic nitrogens is 2. The summed E-state index contributed by atoms with van der Waals surface area (Å²) in [6.07, 6.45) is -3.85. The van der Waals surface area contributed by atoms with E-state index < -0.39 is 34.8 Å². The number of carboxylic acids is 1. The fraction of sp³-hybridized carbons (Fsp3) is 0.0909. The number of hydrogen-bond acceptors (Lipinski definition) is 4. The number of alkyl halides is 3. The van der Waals surface area contributed by atoms with E-state index in [0.717, 1.165) is 18.3 Å². The van der Waals surface area contributed by atoms with Crippen LogP contribution in [0.5, 0.6) is 5.75 Å². The van der Waals surface area contributed by atoms with E-state index in [-0.39, 0.29) is 29.6 Å². The van der Waals surface area contributed by atoms with Crippen LogP contribution in [0.4, 0.5) is 13.2 Å². The zero-order valence-electron chi connectivity index (χ0n) is 10.2. The van der Waals surface area contributed by atoms with Gasteiger partial charge in [-0.2, -0.15) is 18.3 Å². The van der Waals surface area contributed by atoms with Crippen LogP contribution >= 0.6 is 0 Å². The van der Waals surface area contributed by atoms with Crippen molar-refractivity contribution in [3.05, 3.63) is 41.7 Å². The molecule has 0 unspecified atom stereocenters. The quantitative estimate of drug-likeness (QED) is 0.648. The molecule has 9 heteroatoms. The topological polar surface area (TPSA) is 78.2 Å². The van der Waals surface area contributed by atoms with Gasteiger partial charge < -0.3 is 15.0 Å². The summed E-state index contributed by atoms with van der Waals surface area (Å²) < 4.78 is 38.9. The maximum Gasteiger partial charge on any atom is 1.00 e. The van der Waals surface area contributed by atoms with Crippen molar-refractivity contribution in [3.8, 4) is 11.4 Å². The first-order chi connectivity index (χ1) is 8.80. The van der Waals surface area contributed by atoms with E-state index in [1.54, 1.807) is 0 Å². The first-order valence-corrected chi connectivity index (χ1v) is 4.97. The maximum absolute atomic E-state index is 12.8. The summed E-state index contributed by atoms with van der Waals surface area (Å²) in [6, 6.07) is 4.46. The molecule has 0 aliphatic heterocycles. The molecule has 0 spiro atoms. The summed E-state index contributed by atoms with van der Waals surface area (Å²) in [5.74, 6) is -2.54. The van der Waals surface area contributed by atoms with Gasteiger partial charge in [0.05, 0.1) is 23.4 Å². The molecule has 0 aliphatic carbocycles. The van der Waals surface area contributed by atoms with Crippen molar-refractivity contribution >= 4 is 5.97 Å². The molecule has 1 heterocycles. The van der Waals surface area contributed by atoms with E-state index in [1.165, 1.54) is 12.1 Å². The number of halogens is 3. The SMILES string of the molecule is O=C([O-])c1nn(-c2ccccc2C(F)(F)F)cc1O.[Na+]. The third-order valence-corrected chi connectivity index (χ3v) is 2.34. The third kappa shape index (κ3) is 3.14. The molecule has 0 saturated carbocycles. The van der Waals surface area contributed by atoms with E-state index in [1.807, 2.05) is 0 Å². The van der Waals surface area contributed by atoms with Crippen molar-refractivity contribution in [2.24, 2.45) is 0 Å². The minimum Gasteiger partial charge on any atom is -0.543 e. The maximum atomic E-state index is 12.8. The molecule has 2 rings (SSSR count). The summed E-state index contributed by atoms with van der Waals surface area (Å²) in [6.45, 7) is 0. The van der Waals surface area contributed by atoms with Gasteiger partial charge in [-0.05, 0) is 12.1 Å². The zero-order valence-corrected chi connectivity index (χ0v) is 12.2. The van der Waals surface area contributed by atoms with Gasteiger partial charge in [0.2, 0.25) is 0 Å². The summed E-state index contributed by atoms with van der Waals surface area (Å²) in [5, 5.41) is 23.2. The van der Waals surface area contributed by atoms with E-state index in [2.05, 4.69) is 5.10 Å². The van der Waals surface area contributed by atoms with E-state index >= 15 is 0 Å². The molecule has 20 heavy (non-hydrogen) atoms. The predicted octanol–water partition coefficient (Wildman–Crippen LogP) is -2.04. The van der Waals surface area contributed by atoms with Crippen LogP contribution < -0.4 is 34.7 Å². The number of carboxylic acid groups (broad SMARTS) is 1. The largest absolute Gasteiger partial charge is 1.00 e. The number of carbonyl (C=O) groups excluding carboxylic acids is 1. The molecule has 0 aliphatic rings. The normalized spacial score (nSPS) is 10.9. The molecular weight excluding hydrogens is 288 g/mol. The van der Waals surface area contributed by atoms with Crippen LogP contribution in [0.3, 0.4) is 0 Å². The van der Waals surface area contributed by atoms with Gasteiger partial charge >= 0.3 is 35.7 Å². The van der Waals surface area contributed by atoms with Crippen molar-refractivity contribution in [3.63, 3.8) is 0 Å². The summed E-state index contributed by atoms with van der Waals surface area (Å²) in [7, 11) is 0. The molecule has 1 N–H and O–H groups in total. The molecule has 5 nitrogen and oxygen atoms in total. The van der Waals surface area contributed by atoms with E-state index in [4.69, 9.17) is 0 Å². The van der Waals surface area contributed by atoms with Crippen molar-refractivity contribution in [1.82, 2.24) is 9.78 Å². The molecule has 2 aromatic rings. The van der Waals surface area contributed by atoms with Crippen LogP contribution in [0, 0.1) is 0 Å². The molecular formula is C11H6F3N2NaO3. The number of rotatable bonds is 2. The fourth-order valence-corrected chi connectivity index (χ4v) is 1.55. The van der Waals surface area contributed by atoms with Crippen LogP contribution in [0.1, 0.15) is 16.1 Å². The Labute approximate surface area is 132 Å². The summed E-state index contributed by atoms with van der Waals surface area (Å²) >= 11 is 0. The van der Waals surface area contributed by atoms with Crippen LogP contribution in [0.2, 0.25) is 0 Å². The Morgan fingerprint density at radius 3 is 2.40 bits per heavy atom. The predicted molar refractivity (Wildman–Crippen MR) is 54.6 cm³/mol. The first-order valence-electron chi connectivity index (χ1n) is 4.97. The van der Waals surface area contributed by atoms with E-state index in [0.29, 0.717) is 4.68 Å². The molecule has 0 atom stereocenters. The van der Waals surface area contributed by atoms with Crippen LogP contribution in [-0.4, -0.2) is 20.9 Å². The molecule has 0 amide bonds. The molecule has 100 valence electrons. The Bertz CT molecular complexity index is 640. The van der Waals surface area contributed by atoms with Gasteiger partial charge in [-0.1, -0.05) is 12.1 Å². The number of aromatic hydroxyl groups is 1. The minimum absolute atomic E-state index is 0. The van der Waals surface area contributed by atoms with Gasteiger partial charge in [0.15, 0.2) is 5.75 Å².